The Labute approximate surface area is 205 Å². The van der Waals surface area contributed by atoms with Crippen LogP contribution < -0.4 is 14.9 Å². The van der Waals surface area contributed by atoms with Gasteiger partial charge in [0.05, 0.1) is 24.9 Å². The van der Waals surface area contributed by atoms with Gasteiger partial charge in [-0.05, 0) is 32.1 Å². The summed E-state index contributed by atoms with van der Waals surface area (Å²) in [5.74, 6) is 0.425. The monoisotopic (exact) mass is 492 g/mol. The molecule has 0 saturated heterocycles. The van der Waals surface area contributed by atoms with Crippen LogP contribution in [0.3, 0.4) is 0 Å². The molecule has 0 N–H and O–H groups in total. The molecule has 34 heavy (non-hydrogen) atoms. The lowest BCUT2D eigenvalue weighted by atomic mass is 9.86. The molecule has 2 aromatic rings. The summed E-state index contributed by atoms with van der Waals surface area (Å²) >= 11 is 6.29. The third-order valence-corrected chi connectivity index (χ3v) is 6.37. The maximum absolute atomic E-state index is 12.3. The Hall–Kier alpha value is -2.58. The van der Waals surface area contributed by atoms with Gasteiger partial charge in [0.15, 0.2) is 16.3 Å². The van der Waals surface area contributed by atoms with Gasteiger partial charge < -0.3 is 23.5 Å². The van der Waals surface area contributed by atoms with Crippen molar-refractivity contribution in [2.24, 2.45) is 5.41 Å². The maximum atomic E-state index is 12.3. The molecule has 0 radical (unpaired) electrons. The Balaban J connectivity index is 1.88. The minimum absolute atomic E-state index is 0.0156. The van der Waals surface area contributed by atoms with E-state index in [0.717, 1.165) is 19.3 Å². The minimum Gasteiger partial charge on any atom is -0.490 e. The average Bonchev–Trinajstić information content (AvgIpc) is 3.08. The fourth-order valence-corrected chi connectivity index (χ4v) is 4.62. The van der Waals surface area contributed by atoms with E-state index in [1.54, 1.807) is 32.5 Å². The minimum atomic E-state index is -0.622. The number of methoxy groups -OCH3 is 1. The van der Waals surface area contributed by atoms with Crippen LogP contribution in [0.15, 0.2) is 29.3 Å². The molecule has 3 rings (SSSR count). The summed E-state index contributed by atoms with van der Waals surface area (Å²) in [7, 11) is 1.64. The van der Waals surface area contributed by atoms with Gasteiger partial charge in [-0.15, -0.1) is 0 Å². The van der Waals surface area contributed by atoms with Crippen LogP contribution in [0.25, 0.3) is 0 Å². The summed E-state index contributed by atoms with van der Waals surface area (Å²) in [6.07, 6.45) is 5.50. The molecule has 1 fully saturated rings. The zero-order valence-electron chi connectivity index (χ0n) is 20.4. The molecule has 8 nitrogen and oxygen atoms in total. The number of halogens is 1. The van der Waals surface area contributed by atoms with Crippen molar-refractivity contribution in [2.45, 2.75) is 59.1 Å². The van der Waals surface area contributed by atoms with Gasteiger partial charge in [-0.3, -0.25) is 4.79 Å². The van der Waals surface area contributed by atoms with E-state index in [1.807, 2.05) is 11.5 Å². The van der Waals surface area contributed by atoms with Crippen LogP contribution >= 0.6 is 11.6 Å². The summed E-state index contributed by atoms with van der Waals surface area (Å²) in [4.78, 5) is 29.0. The van der Waals surface area contributed by atoms with Gasteiger partial charge in [0.2, 0.25) is 0 Å². The van der Waals surface area contributed by atoms with E-state index < -0.39 is 5.97 Å². The summed E-state index contributed by atoms with van der Waals surface area (Å²) in [6.45, 7) is 9.09. The molecule has 2 atom stereocenters. The number of nitrogens with zero attached hydrogens (tertiary/aromatic N) is 2. The van der Waals surface area contributed by atoms with Crippen LogP contribution in [-0.4, -0.2) is 48.6 Å². The predicted octanol–water partition coefficient (Wildman–Crippen LogP) is 4.61. The number of hydrogen-bond donors (Lipinski definition) is 0. The molecular formula is C25H33ClN2O6. The molecule has 186 valence electrons. The second kappa shape index (κ2) is 11.2. The van der Waals surface area contributed by atoms with Crippen molar-refractivity contribution in [3.8, 4) is 11.5 Å². The number of ether oxygens (including phenoxy) is 4. The van der Waals surface area contributed by atoms with E-state index >= 15 is 0 Å². The molecule has 1 saturated carbocycles. The number of carbonyl (C=O) groups excluding carboxylic acids is 1. The van der Waals surface area contributed by atoms with Gasteiger partial charge in [0, 0.05) is 44.7 Å². The van der Waals surface area contributed by atoms with Crippen LogP contribution in [-0.2, 0) is 9.47 Å². The molecule has 2 heterocycles. The molecule has 1 aliphatic rings. The summed E-state index contributed by atoms with van der Waals surface area (Å²) in [5, 5.41) is 0.282. The molecule has 0 aromatic carbocycles. The van der Waals surface area contributed by atoms with Crippen molar-refractivity contribution >= 4 is 17.6 Å². The highest BCUT2D eigenvalue weighted by molar-refractivity contribution is 6.30. The Kier molecular flexibility index (Phi) is 8.60. The van der Waals surface area contributed by atoms with Crippen LogP contribution in [0.4, 0.5) is 0 Å². The molecule has 2 unspecified atom stereocenters. The quantitative estimate of drug-likeness (QED) is 0.272. The van der Waals surface area contributed by atoms with Crippen LogP contribution in [0.1, 0.15) is 62.1 Å². The van der Waals surface area contributed by atoms with Gasteiger partial charge >= 0.3 is 5.97 Å². The second-order valence-corrected chi connectivity index (χ2v) is 9.43. The van der Waals surface area contributed by atoms with E-state index in [9.17, 15) is 9.59 Å². The summed E-state index contributed by atoms with van der Waals surface area (Å²) < 4.78 is 24.3. The van der Waals surface area contributed by atoms with Crippen molar-refractivity contribution in [1.82, 2.24) is 9.55 Å². The molecule has 2 aromatic heterocycles. The fraction of sp³-hybridized carbons (Fsp3) is 0.560. The molecule has 0 aliphatic heterocycles. The lowest BCUT2D eigenvalue weighted by Gasteiger charge is -2.33. The fourth-order valence-electron chi connectivity index (χ4n) is 4.39. The van der Waals surface area contributed by atoms with E-state index in [0.29, 0.717) is 30.4 Å². The van der Waals surface area contributed by atoms with Crippen LogP contribution in [0, 0.1) is 12.3 Å². The average molecular weight is 493 g/mol. The highest BCUT2D eigenvalue weighted by Gasteiger charge is 2.44. The molecule has 0 spiro atoms. The maximum Gasteiger partial charge on any atom is 0.343 e. The number of aryl methyl sites for hydroxylation is 1. The number of carbonyl (C=O) groups is 1. The van der Waals surface area contributed by atoms with Gasteiger partial charge in [-0.25, -0.2) is 9.78 Å². The van der Waals surface area contributed by atoms with E-state index in [1.165, 1.54) is 6.07 Å². The molecular weight excluding hydrogens is 460 g/mol. The van der Waals surface area contributed by atoms with Gasteiger partial charge in [0.25, 0.3) is 0 Å². The first-order valence-electron chi connectivity index (χ1n) is 11.5. The van der Waals surface area contributed by atoms with Crippen LogP contribution in [0.2, 0.25) is 5.15 Å². The number of esters is 1. The number of rotatable bonds is 10. The third-order valence-electron chi connectivity index (χ3n) is 6.10. The topological polar surface area (TPSA) is 88.9 Å². The standard InChI is InChI=1S/C25H33ClN2O6/c1-6-32-24(30)17-15-28(11-9-18(17)29)22-19(8-10-25(22,3)4)34-20-14-21(23(26)27-16(20)2)33-13-7-12-31-5/h9,11,14-15,19,22H,6-8,10,12-13H2,1-5H3. The number of pyridine rings is 2. The lowest BCUT2D eigenvalue weighted by Crippen LogP contribution is -2.33. The molecule has 1 aliphatic carbocycles. The van der Waals surface area contributed by atoms with Crippen molar-refractivity contribution in [1.29, 1.82) is 0 Å². The highest BCUT2D eigenvalue weighted by atomic mass is 35.5. The van der Waals surface area contributed by atoms with E-state index in [-0.39, 0.29) is 40.3 Å². The second-order valence-electron chi connectivity index (χ2n) is 9.07. The Morgan fingerprint density at radius 2 is 2.06 bits per heavy atom. The number of aromatic nitrogens is 2. The summed E-state index contributed by atoms with van der Waals surface area (Å²) in [5.41, 5.74) is 0.168. The first-order valence-corrected chi connectivity index (χ1v) is 11.9. The molecule has 0 amide bonds. The van der Waals surface area contributed by atoms with Crippen molar-refractivity contribution < 1.29 is 23.7 Å². The zero-order chi connectivity index (χ0) is 24.9. The SMILES string of the molecule is CCOC(=O)c1cn(C2C(Oc3cc(OCCCOC)c(Cl)nc3C)CCC2(C)C)ccc1=O. The highest BCUT2D eigenvalue weighted by Crippen LogP contribution is 2.48. The normalized spacial score (nSPS) is 19.1. The zero-order valence-corrected chi connectivity index (χ0v) is 21.2. The van der Waals surface area contributed by atoms with E-state index in [4.69, 9.17) is 30.5 Å². The van der Waals surface area contributed by atoms with E-state index in [2.05, 4.69) is 18.8 Å². The van der Waals surface area contributed by atoms with Crippen molar-refractivity contribution in [3.05, 3.63) is 51.2 Å². The first-order chi connectivity index (χ1) is 16.2. The van der Waals surface area contributed by atoms with Gasteiger partial charge in [-0.2, -0.15) is 0 Å². The largest absolute Gasteiger partial charge is 0.490 e. The molecule has 0 bridgehead atoms. The Bertz CT molecular complexity index is 1070. The molecule has 9 heteroatoms. The number of hydrogen-bond acceptors (Lipinski definition) is 7. The Morgan fingerprint density at radius 1 is 1.29 bits per heavy atom. The Morgan fingerprint density at radius 3 is 2.76 bits per heavy atom. The van der Waals surface area contributed by atoms with Gasteiger partial charge in [-0.1, -0.05) is 25.4 Å². The lowest BCUT2D eigenvalue weighted by molar-refractivity contribution is 0.0521. The smallest absolute Gasteiger partial charge is 0.343 e. The third kappa shape index (κ3) is 5.91. The van der Waals surface area contributed by atoms with Crippen molar-refractivity contribution in [3.63, 3.8) is 0 Å². The first kappa shape index (κ1) is 26.0. The predicted molar refractivity (Wildman–Crippen MR) is 129 cm³/mol. The van der Waals surface area contributed by atoms with Gasteiger partial charge in [0.1, 0.15) is 17.4 Å². The van der Waals surface area contributed by atoms with Crippen LogP contribution in [0.5, 0.6) is 11.5 Å². The summed E-state index contributed by atoms with van der Waals surface area (Å²) in [6, 6.07) is 3.05. The van der Waals surface area contributed by atoms with Crippen molar-refractivity contribution in [2.75, 3.05) is 26.9 Å².